The van der Waals surface area contributed by atoms with Gasteiger partial charge >= 0.3 is 5.97 Å². The van der Waals surface area contributed by atoms with Crippen molar-refractivity contribution in [2.75, 3.05) is 0 Å². The van der Waals surface area contributed by atoms with E-state index in [1.165, 1.54) is 6.20 Å². The Balaban J connectivity index is 2.41. The molecule has 0 spiro atoms. The van der Waals surface area contributed by atoms with Crippen molar-refractivity contribution in [1.29, 1.82) is 0 Å². The molecule has 1 aromatic heterocycles. The summed E-state index contributed by atoms with van der Waals surface area (Å²) in [6.07, 6.45) is 1.37. The molecule has 5 heteroatoms. The number of halogens is 1. The third-order valence-electron chi connectivity index (χ3n) is 3.25. The van der Waals surface area contributed by atoms with Gasteiger partial charge in [-0.05, 0) is 36.4 Å². The first kappa shape index (κ1) is 13.6. The lowest BCUT2D eigenvalue weighted by molar-refractivity contribution is 0.0695. The van der Waals surface area contributed by atoms with Crippen LogP contribution in [0.5, 0.6) is 0 Å². The van der Waals surface area contributed by atoms with Gasteiger partial charge in [-0.2, -0.15) is 0 Å². The summed E-state index contributed by atoms with van der Waals surface area (Å²) in [5.74, 6) is -1.23. The van der Waals surface area contributed by atoms with E-state index < -0.39 is 11.4 Å². The molecule has 1 heterocycles. The Morgan fingerprint density at radius 1 is 1.05 bits per heavy atom. The summed E-state index contributed by atoms with van der Waals surface area (Å²) in [7, 11) is 0. The summed E-state index contributed by atoms with van der Waals surface area (Å²) in [6.45, 7) is 0. The highest BCUT2D eigenvalue weighted by molar-refractivity contribution is 9.10. The summed E-state index contributed by atoms with van der Waals surface area (Å²) in [5, 5.41) is 9.61. The standard InChI is InChI=1S/C16H10BrNO3/c17-10-5-7-11(8-6-10)18-9-13(16(20)21)15(19)12-3-1-2-4-14(12)18/h1-9H,(H,20,21). The zero-order valence-corrected chi connectivity index (χ0v) is 12.4. The number of carboxylic acids is 1. The van der Waals surface area contributed by atoms with E-state index in [0.29, 0.717) is 10.9 Å². The van der Waals surface area contributed by atoms with Gasteiger partial charge in [0.1, 0.15) is 5.56 Å². The molecule has 1 N–H and O–H groups in total. The fraction of sp³-hybridized carbons (Fsp3) is 0. The molecule has 0 bridgehead atoms. The van der Waals surface area contributed by atoms with E-state index >= 15 is 0 Å². The summed E-state index contributed by atoms with van der Waals surface area (Å²) >= 11 is 3.36. The van der Waals surface area contributed by atoms with Gasteiger partial charge in [-0.1, -0.05) is 28.1 Å². The number of carbonyl (C=O) groups is 1. The van der Waals surface area contributed by atoms with Gasteiger partial charge in [-0.15, -0.1) is 0 Å². The largest absolute Gasteiger partial charge is 0.477 e. The van der Waals surface area contributed by atoms with Gasteiger partial charge in [0.25, 0.3) is 0 Å². The molecule has 0 amide bonds. The summed E-state index contributed by atoms with van der Waals surface area (Å²) in [5.41, 5.74) is 0.759. The normalized spacial score (nSPS) is 10.7. The minimum Gasteiger partial charge on any atom is -0.477 e. The number of aromatic carboxylic acids is 1. The number of fused-ring (bicyclic) bond motifs is 1. The molecule has 0 unspecified atom stereocenters. The summed E-state index contributed by atoms with van der Waals surface area (Å²) in [4.78, 5) is 23.5. The van der Waals surface area contributed by atoms with Crippen LogP contribution in [0.3, 0.4) is 0 Å². The molecule has 2 aromatic carbocycles. The minimum atomic E-state index is -1.23. The van der Waals surface area contributed by atoms with Crippen molar-refractivity contribution in [2.24, 2.45) is 0 Å². The van der Waals surface area contributed by atoms with E-state index in [-0.39, 0.29) is 5.56 Å². The molecular formula is C16H10BrNO3. The van der Waals surface area contributed by atoms with Crippen molar-refractivity contribution >= 4 is 32.8 Å². The number of benzene rings is 2. The topological polar surface area (TPSA) is 59.3 Å². The van der Waals surface area contributed by atoms with Crippen LogP contribution in [0.1, 0.15) is 10.4 Å². The maximum atomic E-state index is 12.2. The van der Waals surface area contributed by atoms with Gasteiger partial charge in [0.2, 0.25) is 5.43 Å². The van der Waals surface area contributed by atoms with E-state index in [4.69, 9.17) is 0 Å². The number of rotatable bonds is 2. The van der Waals surface area contributed by atoms with Crippen molar-refractivity contribution in [3.05, 3.63) is 75.0 Å². The van der Waals surface area contributed by atoms with Crippen LogP contribution < -0.4 is 5.43 Å². The fourth-order valence-electron chi connectivity index (χ4n) is 2.25. The molecule has 104 valence electrons. The lowest BCUT2D eigenvalue weighted by atomic mass is 10.1. The van der Waals surface area contributed by atoms with E-state index in [1.54, 1.807) is 22.8 Å². The molecule has 0 aliphatic carbocycles. The first-order chi connectivity index (χ1) is 10.1. The second kappa shape index (κ2) is 5.18. The number of nitrogens with zero attached hydrogens (tertiary/aromatic N) is 1. The van der Waals surface area contributed by atoms with Crippen LogP contribution in [-0.4, -0.2) is 15.6 Å². The monoisotopic (exact) mass is 343 g/mol. The first-order valence-electron chi connectivity index (χ1n) is 6.21. The average molecular weight is 344 g/mol. The van der Waals surface area contributed by atoms with Crippen LogP contribution in [0.2, 0.25) is 0 Å². The first-order valence-corrected chi connectivity index (χ1v) is 7.01. The van der Waals surface area contributed by atoms with Crippen molar-refractivity contribution in [1.82, 2.24) is 4.57 Å². The highest BCUT2D eigenvalue weighted by Crippen LogP contribution is 2.19. The third-order valence-corrected chi connectivity index (χ3v) is 3.77. The molecule has 0 saturated carbocycles. The number of para-hydroxylation sites is 1. The maximum absolute atomic E-state index is 12.2. The van der Waals surface area contributed by atoms with Crippen LogP contribution in [0.4, 0.5) is 0 Å². The van der Waals surface area contributed by atoms with Crippen LogP contribution in [-0.2, 0) is 0 Å². The Hall–Kier alpha value is -2.40. The number of hydrogen-bond acceptors (Lipinski definition) is 2. The van der Waals surface area contributed by atoms with Gasteiger partial charge in [0.05, 0.1) is 5.52 Å². The molecule has 3 aromatic rings. The minimum absolute atomic E-state index is 0.239. The number of hydrogen-bond donors (Lipinski definition) is 1. The maximum Gasteiger partial charge on any atom is 0.341 e. The van der Waals surface area contributed by atoms with E-state index in [9.17, 15) is 14.7 Å². The lowest BCUT2D eigenvalue weighted by Gasteiger charge is -2.12. The molecule has 0 aliphatic heterocycles. The number of aromatic nitrogens is 1. The molecule has 0 radical (unpaired) electrons. The van der Waals surface area contributed by atoms with Crippen LogP contribution in [0.25, 0.3) is 16.6 Å². The van der Waals surface area contributed by atoms with Gasteiger partial charge < -0.3 is 9.67 Å². The SMILES string of the molecule is O=C(O)c1cn(-c2ccc(Br)cc2)c2ccccc2c1=O. The van der Waals surface area contributed by atoms with Crippen LogP contribution in [0.15, 0.2) is 64.0 Å². The zero-order valence-electron chi connectivity index (χ0n) is 10.8. The molecule has 0 atom stereocenters. The summed E-state index contributed by atoms with van der Waals surface area (Å²) < 4.78 is 2.64. The average Bonchev–Trinajstić information content (AvgIpc) is 2.49. The number of carboxylic acid groups (broad SMARTS) is 1. The van der Waals surface area contributed by atoms with Crippen molar-refractivity contribution in [3.8, 4) is 5.69 Å². The number of pyridine rings is 1. The van der Waals surface area contributed by atoms with Gasteiger partial charge in [-0.3, -0.25) is 4.79 Å². The Morgan fingerprint density at radius 3 is 2.38 bits per heavy atom. The zero-order chi connectivity index (χ0) is 15.0. The van der Waals surface area contributed by atoms with Crippen LogP contribution >= 0.6 is 15.9 Å². The quantitative estimate of drug-likeness (QED) is 0.775. The second-order valence-corrected chi connectivity index (χ2v) is 5.46. The van der Waals surface area contributed by atoms with Gasteiger partial charge in [0.15, 0.2) is 0 Å². The van der Waals surface area contributed by atoms with E-state index in [2.05, 4.69) is 15.9 Å². The molecule has 0 saturated heterocycles. The molecular weight excluding hydrogens is 334 g/mol. The molecule has 0 fully saturated rings. The van der Waals surface area contributed by atoms with Crippen molar-refractivity contribution < 1.29 is 9.90 Å². The predicted octanol–water partition coefficient (Wildman–Crippen LogP) is 3.45. The molecule has 21 heavy (non-hydrogen) atoms. The Bertz CT molecular complexity index is 898. The van der Waals surface area contributed by atoms with Crippen molar-refractivity contribution in [2.45, 2.75) is 0 Å². The van der Waals surface area contributed by atoms with Crippen molar-refractivity contribution in [3.63, 3.8) is 0 Å². The molecule has 3 rings (SSSR count). The molecule has 4 nitrogen and oxygen atoms in total. The van der Waals surface area contributed by atoms with E-state index in [1.807, 2.05) is 30.3 Å². The summed E-state index contributed by atoms with van der Waals surface area (Å²) in [6, 6.07) is 14.4. The Labute approximate surface area is 128 Å². The lowest BCUT2D eigenvalue weighted by Crippen LogP contribution is -2.18. The smallest absolute Gasteiger partial charge is 0.341 e. The van der Waals surface area contributed by atoms with E-state index in [0.717, 1.165) is 10.2 Å². The van der Waals surface area contributed by atoms with Gasteiger partial charge in [0, 0.05) is 21.7 Å². The Kier molecular flexibility index (Phi) is 3.35. The van der Waals surface area contributed by atoms with Gasteiger partial charge in [-0.25, -0.2) is 4.79 Å². The highest BCUT2D eigenvalue weighted by Gasteiger charge is 2.14. The molecule has 0 aliphatic rings. The second-order valence-electron chi connectivity index (χ2n) is 4.54. The predicted molar refractivity (Wildman–Crippen MR) is 84.2 cm³/mol. The fourth-order valence-corrected chi connectivity index (χ4v) is 2.51. The third kappa shape index (κ3) is 2.36. The Morgan fingerprint density at radius 2 is 1.71 bits per heavy atom. The van der Waals surface area contributed by atoms with Crippen LogP contribution in [0, 0.1) is 0 Å². The highest BCUT2D eigenvalue weighted by atomic mass is 79.9.